The van der Waals surface area contributed by atoms with Crippen molar-refractivity contribution in [3.8, 4) is 11.4 Å². The van der Waals surface area contributed by atoms with Crippen LogP contribution in [0.5, 0.6) is 0 Å². The molecule has 0 saturated carbocycles. The fraction of sp³-hybridized carbons (Fsp3) is 0.0769. The van der Waals surface area contributed by atoms with Crippen molar-refractivity contribution < 1.29 is 0 Å². The van der Waals surface area contributed by atoms with Gasteiger partial charge in [0.25, 0.3) is 0 Å². The van der Waals surface area contributed by atoms with Crippen molar-refractivity contribution in [2.75, 3.05) is 12.4 Å². The Morgan fingerprint density at radius 2 is 1.83 bits per heavy atom. The van der Waals surface area contributed by atoms with Crippen LogP contribution in [0.3, 0.4) is 0 Å². The molecule has 0 atom stereocenters. The normalized spacial score (nSPS) is 10.5. The summed E-state index contributed by atoms with van der Waals surface area (Å²) in [6, 6.07) is 7.97. The zero-order valence-electron chi connectivity index (χ0n) is 9.83. The van der Waals surface area contributed by atoms with E-state index in [4.69, 9.17) is 0 Å². The number of fused-ring (bicyclic) bond motifs is 1. The summed E-state index contributed by atoms with van der Waals surface area (Å²) < 4.78 is 0. The third kappa shape index (κ3) is 1.66. The number of hydrogen-bond acceptors (Lipinski definition) is 5. The predicted molar refractivity (Wildman–Crippen MR) is 70.1 cm³/mol. The lowest BCUT2D eigenvalue weighted by atomic mass is 10.1. The average molecular weight is 237 g/mol. The highest BCUT2D eigenvalue weighted by atomic mass is 15.2. The zero-order valence-corrected chi connectivity index (χ0v) is 9.83. The molecule has 5 nitrogen and oxygen atoms in total. The van der Waals surface area contributed by atoms with E-state index in [1.54, 1.807) is 18.6 Å². The lowest BCUT2D eigenvalue weighted by Crippen LogP contribution is -1.99. The van der Waals surface area contributed by atoms with Crippen molar-refractivity contribution in [2.45, 2.75) is 0 Å². The summed E-state index contributed by atoms with van der Waals surface area (Å²) in [5, 5.41) is 13.5. The maximum absolute atomic E-state index is 4.27. The van der Waals surface area contributed by atoms with Crippen LogP contribution < -0.4 is 5.32 Å². The van der Waals surface area contributed by atoms with E-state index in [-0.39, 0.29) is 0 Å². The lowest BCUT2D eigenvalue weighted by molar-refractivity contribution is 1.04. The SMILES string of the molecule is CNc1nnc(-c2cnccn2)c2ccccc12. The summed E-state index contributed by atoms with van der Waals surface area (Å²) >= 11 is 0. The van der Waals surface area contributed by atoms with Crippen LogP contribution in [0.15, 0.2) is 42.9 Å². The molecule has 0 aliphatic rings. The fourth-order valence-corrected chi connectivity index (χ4v) is 1.90. The van der Waals surface area contributed by atoms with E-state index in [1.165, 1.54) is 0 Å². The number of anilines is 1. The average Bonchev–Trinajstić information content (AvgIpc) is 2.47. The summed E-state index contributed by atoms with van der Waals surface area (Å²) in [5.74, 6) is 0.762. The maximum Gasteiger partial charge on any atom is 0.156 e. The first kappa shape index (κ1) is 10.6. The van der Waals surface area contributed by atoms with Gasteiger partial charge in [-0.1, -0.05) is 24.3 Å². The van der Waals surface area contributed by atoms with Gasteiger partial charge in [-0.25, -0.2) is 0 Å². The molecule has 88 valence electrons. The molecule has 2 aromatic heterocycles. The Kier molecular flexibility index (Phi) is 2.57. The molecular weight excluding hydrogens is 226 g/mol. The van der Waals surface area contributed by atoms with Crippen molar-refractivity contribution in [3.63, 3.8) is 0 Å². The lowest BCUT2D eigenvalue weighted by Gasteiger charge is -2.07. The van der Waals surface area contributed by atoms with Crippen molar-refractivity contribution >= 4 is 16.6 Å². The molecule has 0 amide bonds. The van der Waals surface area contributed by atoms with Crippen molar-refractivity contribution in [3.05, 3.63) is 42.9 Å². The molecule has 3 rings (SSSR count). The number of hydrogen-bond donors (Lipinski definition) is 1. The van der Waals surface area contributed by atoms with Gasteiger partial charge in [-0.2, -0.15) is 0 Å². The van der Waals surface area contributed by atoms with E-state index in [9.17, 15) is 0 Å². The number of aromatic nitrogens is 4. The molecule has 0 aliphatic carbocycles. The smallest absolute Gasteiger partial charge is 0.156 e. The highest BCUT2D eigenvalue weighted by Crippen LogP contribution is 2.27. The standard InChI is InChI=1S/C13H11N5/c1-14-13-10-5-3-2-4-9(10)12(17-18-13)11-8-15-6-7-16-11/h2-8H,1H3,(H,14,18). The minimum absolute atomic E-state index is 0.726. The van der Waals surface area contributed by atoms with E-state index in [0.29, 0.717) is 0 Å². The van der Waals surface area contributed by atoms with Crippen LogP contribution in [0.4, 0.5) is 5.82 Å². The van der Waals surface area contributed by atoms with Gasteiger partial charge < -0.3 is 5.32 Å². The first-order valence-electron chi connectivity index (χ1n) is 5.59. The number of nitrogens with zero attached hydrogens (tertiary/aromatic N) is 4. The van der Waals surface area contributed by atoms with Gasteiger partial charge in [0.1, 0.15) is 11.4 Å². The van der Waals surface area contributed by atoms with E-state index < -0.39 is 0 Å². The van der Waals surface area contributed by atoms with Gasteiger partial charge >= 0.3 is 0 Å². The molecule has 0 fully saturated rings. The molecule has 1 N–H and O–H groups in total. The Labute approximate surface area is 104 Å². The molecule has 3 aromatic rings. The van der Waals surface area contributed by atoms with E-state index in [1.807, 2.05) is 31.3 Å². The predicted octanol–water partition coefficient (Wildman–Crippen LogP) is 2.13. The fourth-order valence-electron chi connectivity index (χ4n) is 1.90. The molecule has 2 heterocycles. The Balaban J connectivity index is 2.32. The quantitative estimate of drug-likeness (QED) is 0.739. The minimum Gasteiger partial charge on any atom is -0.371 e. The molecule has 5 heteroatoms. The third-order valence-corrected chi connectivity index (χ3v) is 2.73. The number of nitrogens with one attached hydrogen (secondary N) is 1. The maximum atomic E-state index is 4.27. The second kappa shape index (κ2) is 4.37. The van der Waals surface area contributed by atoms with Crippen molar-refractivity contribution in [2.24, 2.45) is 0 Å². The largest absolute Gasteiger partial charge is 0.371 e. The molecule has 0 bridgehead atoms. The number of benzene rings is 1. The molecule has 0 aliphatic heterocycles. The molecule has 0 unspecified atom stereocenters. The van der Waals surface area contributed by atoms with Crippen LogP contribution in [0.25, 0.3) is 22.2 Å². The second-order valence-corrected chi connectivity index (χ2v) is 3.78. The molecule has 1 aromatic carbocycles. The van der Waals surface area contributed by atoms with Crippen LogP contribution in [0, 0.1) is 0 Å². The Morgan fingerprint density at radius 1 is 1.00 bits per heavy atom. The van der Waals surface area contributed by atoms with E-state index >= 15 is 0 Å². The van der Waals surface area contributed by atoms with E-state index in [0.717, 1.165) is 28.0 Å². The summed E-state index contributed by atoms with van der Waals surface area (Å²) in [5.41, 5.74) is 1.47. The first-order valence-corrected chi connectivity index (χ1v) is 5.59. The van der Waals surface area contributed by atoms with Gasteiger partial charge in [-0.3, -0.25) is 9.97 Å². The van der Waals surface area contributed by atoms with Gasteiger partial charge in [0.2, 0.25) is 0 Å². The van der Waals surface area contributed by atoms with Gasteiger partial charge in [0.15, 0.2) is 5.82 Å². The highest BCUT2D eigenvalue weighted by molar-refractivity contribution is 5.99. The van der Waals surface area contributed by atoms with Crippen LogP contribution in [-0.2, 0) is 0 Å². The molecule has 0 spiro atoms. The Morgan fingerprint density at radius 3 is 2.56 bits per heavy atom. The van der Waals surface area contributed by atoms with Gasteiger partial charge in [-0.15, -0.1) is 10.2 Å². The van der Waals surface area contributed by atoms with Crippen LogP contribution >= 0.6 is 0 Å². The minimum atomic E-state index is 0.726. The molecule has 18 heavy (non-hydrogen) atoms. The summed E-state index contributed by atoms with van der Waals surface area (Å²) in [4.78, 5) is 8.33. The highest BCUT2D eigenvalue weighted by Gasteiger charge is 2.10. The molecular formula is C13H11N5. The third-order valence-electron chi connectivity index (χ3n) is 2.73. The topological polar surface area (TPSA) is 63.6 Å². The summed E-state index contributed by atoms with van der Waals surface area (Å²) in [7, 11) is 1.83. The Bertz CT molecular complexity index is 681. The Hall–Kier alpha value is -2.56. The van der Waals surface area contributed by atoms with Crippen LogP contribution in [0.2, 0.25) is 0 Å². The van der Waals surface area contributed by atoms with Gasteiger partial charge in [0, 0.05) is 30.2 Å². The monoisotopic (exact) mass is 237 g/mol. The van der Waals surface area contributed by atoms with Gasteiger partial charge in [0.05, 0.1) is 6.20 Å². The number of rotatable bonds is 2. The van der Waals surface area contributed by atoms with E-state index in [2.05, 4.69) is 25.5 Å². The summed E-state index contributed by atoms with van der Waals surface area (Å²) in [6.07, 6.45) is 4.98. The second-order valence-electron chi connectivity index (χ2n) is 3.78. The molecule has 0 radical (unpaired) electrons. The van der Waals surface area contributed by atoms with Crippen LogP contribution in [-0.4, -0.2) is 27.2 Å². The zero-order chi connectivity index (χ0) is 12.4. The summed E-state index contributed by atoms with van der Waals surface area (Å²) in [6.45, 7) is 0. The van der Waals surface area contributed by atoms with Crippen molar-refractivity contribution in [1.29, 1.82) is 0 Å². The first-order chi connectivity index (χ1) is 8.90. The molecule has 0 saturated heterocycles. The van der Waals surface area contributed by atoms with Crippen molar-refractivity contribution in [1.82, 2.24) is 20.2 Å². The van der Waals surface area contributed by atoms with Crippen LogP contribution in [0.1, 0.15) is 0 Å². The van der Waals surface area contributed by atoms with Gasteiger partial charge in [-0.05, 0) is 0 Å².